The Morgan fingerprint density at radius 2 is 2.33 bits per heavy atom. The first-order valence-electron chi connectivity index (χ1n) is 7.36. The summed E-state index contributed by atoms with van der Waals surface area (Å²) in [5, 5.41) is 5.27. The van der Waals surface area contributed by atoms with Crippen LogP contribution in [0.3, 0.4) is 0 Å². The Morgan fingerprint density at radius 3 is 2.95 bits per heavy atom. The largest absolute Gasteiger partial charge is 0.331 e. The number of likely N-dealkylation sites (tertiary alicyclic amines) is 1. The second-order valence-electron chi connectivity index (χ2n) is 5.48. The smallest absolute Gasteiger partial charge is 0.266 e. The third kappa shape index (κ3) is 2.60. The normalized spacial score (nSPS) is 18.4. The lowest BCUT2D eigenvalue weighted by molar-refractivity contribution is 0.0739. The first-order chi connectivity index (χ1) is 10.1. The van der Waals surface area contributed by atoms with Crippen molar-refractivity contribution >= 4 is 17.2 Å². The van der Waals surface area contributed by atoms with Gasteiger partial charge in [-0.05, 0) is 26.2 Å². The fraction of sp³-hybridized carbons (Fsp3) is 0.533. The van der Waals surface area contributed by atoms with Crippen LogP contribution in [0.15, 0.2) is 12.4 Å². The molecule has 6 heteroatoms. The molecule has 0 unspecified atom stereocenters. The first-order valence-corrected chi connectivity index (χ1v) is 8.17. The van der Waals surface area contributed by atoms with Crippen LogP contribution in [-0.2, 0) is 13.5 Å². The highest BCUT2D eigenvalue weighted by molar-refractivity contribution is 7.13. The van der Waals surface area contributed by atoms with Crippen LogP contribution in [0.1, 0.15) is 51.7 Å². The van der Waals surface area contributed by atoms with E-state index in [2.05, 4.69) is 17.0 Å². The highest BCUT2D eigenvalue weighted by atomic mass is 32.1. The van der Waals surface area contributed by atoms with E-state index in [4.69, 9.17) is 0 Å². The summed E-state index contributed by atoms with van der Waals surface area (Å²) in [6.45, 7) is 4.82. The molecular weight excluding hydrogens is 284 g/mol. The molecule has 21 heavy (non-hydrogen) atoms. The summed E-state index contributed by atoms with van der Waals surface area (Å²) in [5.41, 5.74) is 1.99. The fourth-order valence-corrected chi connectivity index (χ4v) is 3.86. The van der Waals surface area contributed by atoms with Gasteiger partial charge in [-0.1, -0.05) is 6.92 Å². The lowest BCUT2D eigenvalue weighted by Gasteiger charge is -2.23. The van der Waals surface area contributed by atoms with Crippen molar-refractivity contribution in [3.8, 4) is 0 Å². The molecule has 5 nitrogen and oxygen atoms in total. The van der Waals surface area contributed by atoms with Crippen molar-refractivity contribution in [3.05, 3.63) is 33.5 Å². The summed E-state index contributed by atoms with van der Waals surface area (Å²) in [6.07, 6.45) is 6.81. The Hall–Kier alpha value is -1.69. The van der Waals surface area contributed by atoms with Crippen molar-refractivity contribution in [3.63, 3.8) is 0 Å². The first kappa shape index (κ1) is 14.3. The van der Waals surface area contributed by atoms with Crippen LogP contribution in [0.2, 0.25) is 0 Å². The van der Waals surface area contributed by atoms with Crippen LogP contribution < -0.4 is 0 Å². The number of nitrogens with zero attached hydrogens (tertiary/aromatic N) is 4. The number of thiazole rings is 1. The van der Waals surface area contributed by atoms with Crippen molar-refractivity contribution in [2.75, 3.05) is 6.54 Å². The van der Waals surface area contributed by atoms with Crippen molar-refractivity contribution in [1.29, 1.82) is 0 Å². The van der Waals surface area contributed by atoms with Gasteiger partial charge >= 0.3 is 0 Å². The topological polar surface area (TPSA) is 51.0 Å². The quantitative estimate of drug-likeness (QED) is 0.876. The van der Waals surface area contributed by atoms with Gasteiger partial charge < -0.3 is 4.90 Å². The van der Waals surface area contributed by atoms with E-state index in [-0.39, 0.29) is 11.9 Å². The molecule has 1 saturated heterocycles. The van der Waals surface area contributed by atoms with Crippen LogP contribution in [0.25, 0.3) is 0 Å². The van der Waals surface area contributed by atoms with E-state index in [1.54, 1.807) is 4.68 Å². The van der Waals surface area contributed by atoms with E-state index < -0.39 is 0 Å². The minimum atomic E-state index is 0.121. The minimum absolute atomic E-state index is 0.121. The second kappa shape index (κ2) is 5.60. The Balaban J connectivity index is 1.87. The lowest BCUT2D eigenvalue weighted by Crippen LogP contribution is -2.30. The van der Waals surface area contributed by atoms with E-state index in [0.717, 1.165) is 46.9 Å². The molecule has 0 aliphatic carbocycles. The van der Waals surface area contributed by atoms with Gasteiger partial charge in [0.15, 0.2) is 0 Å². The number of amides is 1. The summed E-state index contributed by atoms with van der Waals surface area (Å²) < 4.78 is 1.80. The molecule has 1 aliphatic rings. The molecule has 1 amide bonds. The van der Waals surface area contributed by atoms with E-state index in [0.29, 0.717) is 0 Å². The van der Waals surface area contributed by atoms with Crippen LogP contribution in [0.4, 0.5) is 0 Å². The summed E-state index contributed by atoms with van der Waals surface area (Å²) in [5.74, 6) is 0.121. The Bertz CT molecular complexity index is 660. The standard InChI is InChI=1S/C15H20N4OS/c1-4-13-17-10(2)14(21-13)15(20)19-7-5-6-12(19)11-8-16-18(3)9-11/h8-9,12H,4-7H2,1-3H3/t12-/m0/s1. The fourth-order valence-electron chi connectivity index (χ4n) is 2.90. The van der Waals surface area contributed by atoms with Gasteiger partial charge in [-0.15, -0.1) is 11.3 Å². The van der Waals surface area contributed by atoms with Crippen molar-refractivity contribution < 1.29 is 4.79 Å². The van der Waals surface area contributed by atoms with E-state index in [9.17, 15) is 4.79 Å². The maximum absolute atomic E-state index is 12.9. The van der Waals surface area contributed by atoms with Crippen LogP contribution in [-0.4, -0.2) is 32.1 Å². The number of aryl methyl sites for hydroxylation is 3. The number of rotatable bonds is 3. The molecule has 1 atom stereocenters. The van der Waals surface area contributed by atoms with Gasteiger partial charge in [0.1, 0.15) is 4.88 Å². The number of carbonyl (C=O) groups is 1. The van der Waals surface area contributed by atoms with Crippen LogP contribution >= 0.6 is 11.3 Å². The zero-order chi connectivity index (χ0) is 15.0. The van der Waals surface area contributed by atoms with Gasteiger partial charge in [0.2, 0.25) is 0 Å². The zero-order valence-corrected chi connectivity index (χ0v) is 13.5. The summed E-state index contributed by atoms with van der Waals surface area (Å²) in [7, 11) is 1.91. The molecule has 1 aliphatic heterocycles. The van der Waals surface area contributed by atoms with Crippen LogP contribution in [0.5, 0.6) is 0 Å². The van der Waals surface area contributed by atoms with Crippen LogP contribution in [0, 0.1) is 6.92 Å². The van der Waals surface area contributed by atoms with Crippen molar-refractivity contribution in [1.82, 2.24) is 19.7 Å². The molecular formula is C15H20N4OS. The average molecular weight is 304 g/mol. The molecule has 3 heterocycles. The highest BCUT2D eigenvalue weighted by Crippen LogP contribution is 2.34. The molecule has 2 aromatic rings. The Morgan fingerprint density at radius 1 is 1.52 bits per heavy atom. The molecule has 2 aromatic heterocycles. The van der Waals surface area contributed by atoms with E-state index in [1.807, 2.05) is 31.3 Å². The second-order valence-corrected chi connectivity index (χ2v) is 6.56. The highest BCUT2D eigenvalue weighted by Gasteiger charge is 2.33. The SMILES string of the molecule is CCc1nc(C)c(C(=O)N2CCC[C@H]2c2cnn(C)c2)s1. The average Bonchev–Trinajstić information content (AvgIpc) is 3.16. The van der Waals surface area contributed by atoms with Crippen molar-refractivity contribution in [2.24, 2.45) is 7.05 Å². The van der Waals surface area contributed by atoms with E-state index in [1.165, 1.54) is 11.3 Å². The number of carbonyl (C=O) groups excluding carboxylic acids is 1. The summed E-state index contributed by atoms with van der Waals surface area (Å²) >= 11 is 1.53. The Labute approximate surface area is 128 Å². The third-order valence-corrected chi connectivity index (χ3v) is 5.25. The van der Waals surface area contributed by atoms with Gasteiger partial charge in [0.05, 0.1) is 22.9 Å². The maximum atomic E-state index is 12.9. The molecule has 112 valence electrons. The van der Waals surface area contributed by atoms with Gasteiger partial charge in [0.25, 0.3) is 5.91 Å². The predicted molar refractivity (Wildman–Crippen MR) is 82.4 cm³/mol. The van der Waals surface area contributed by atoms with Crippen molar-refractivity contribution in [2.45, 2.75) is 39.2 Å². The minimum Gasteiger partial charge on any atom is -0.331 e. The van der Waals surface area contributed by atoms with Gasteiger partial charge in [-0.2, -0.15) is 5.10 Å². The molecule has 0 spiro atoms. The molecule has 0 bridgehead atoms. The van der Waals surface area contributed by atoms with Gasteiger partial charge in [-0.25, -0.2) is 4.98 Å². The van der Waals surface area contributed by atoms with Gasteiger partial charge in [0, 0.05) is 25.4 Å². The number of aromatic nitrogens is 3. The molecule has 0 N–H and O–H groups in total. The van der Waals surface area contributed by atoms with E-state index >= 15 is 0 Å². The molecule has 0 saturated carbocycles. The monoisotopic (exact) mass is 304 g/mol. The molecule has 1 fully saturated rings. The molecule has 0 radical (unpaired) electrons. The number of hydrogen-bond donors (Lipinski definition) is 0. The summed E-state index contributed by atoms with van der Waals surface area (Å²) in [4.78, 5) is 20.1. The lowest BCUT2D eigenvalue weighted by atomic mass is 10.1. The summed E-state index contributed by atoms with van der Waals surface area (Å²) in [6, 6.07) is 0.151. The molecule has 0 aromatic carbocycles. The Kier molecular flexibility index (Phi) is 3.80. The zero-order valence-electron chi connectivity index (χ0n) is 12.7. The number of hydrogen-bond acceptors (Lipinski definition) is 4. The third-order valence-electron chi connectivity index (χ3n) is 3.96. The maximum Gasteiger partial charge on any atom is 0.266 e. The van der Waals surface area contributed by atoms with Gasteiger partial charge in [-0.3, -0.25) is 9.48 Å². The predicted octanol–water partition coefficient (Wildman–Crippen LogP) is 2.72. The molecule has 3 rings (SSSR count).